The fraction of sp³-hybridized carbons (Fsp3) is 0.214. The second-order valence-corrected chi connectivity index (χ2v) is 4.90. The molecule has 7 heteroatoms. The molecule has 1 heterocycles. The standard InChI is InChI=1S/C14H12FN3O2S/c1-3-20-14(19)12-8(2)18-21-13(12)17-11-5-4-9(7-16)6-10(11)15/h4-6,17H,3H2,1-2H3. The monoisotopic (exact) mass is 305 g/mol. The van der Waals surface area contributed by atoms with Crippen molar-refractivity contribution in [2.24, 2.45) is 0 Å². The quantitative estimate of drug-likeness (QED) is 0.876. The molecule has 0 bridgehead atoms. The summed E-state index contributed by atoms with van der Waals surface area (Å²) in [6.45, 7) is 3.64. The van der Waals surface area contributed by atoms with E-state index < -0.39 is 11.8 Å². The summed E-state index contributed by atoms with van der Waals surface area (Å²) in [5.41, 5.74) is 1.22. The minimum Gasteiger partial charge on any atom is -0.462 e. The van der Waals surface area contributed by atoms with Crippen LogP contribution in [0.3, 0.4) is 0 Å². The number of halogens is 1. The largest absolute Gasteiger partial charge is 0.462 e. The maximum absolute atomic E-state index is 13.9. The van der Waals surface area contributed by atoms with Gasteiger partial charge in [0.05, 0.1) is 29.6 Å². The van der Waals surface area contributed by atoms with Gasteiger partial charge in [-0.2, -0.15) is 9.64 Å². The molecule has 0 aliphatic rings. The highest BCUT2D eigenvalue weighted by Gasteiger charge is 2.20. The predicted octanol–water partition coefficient (Wildman–Crippen LogP) is 3.38. The molecule has 0 aliphatic carbocycles. The average molecular weight is 305 g/mol. The van der Waals surface area contributed by atoms with E-state index in [2.05, 4.69) is 9.69 Å². The lowest BCUT2D eigenvalue weighted by atomic mass is 10.2. The molecule has 0 spiro atoms. The third kappa shape index (κ3) is 3.17. The molecule has 0 aliphatic heterocycles. The molecule has 2 rings (SSSR count). The molecule has 0 saturated carbocycles. The highest BCUT2D eigenvalue weighted by Crippen LogP contribution is 2.30. The second kappa shape index (κ2) is 6.33. The minimum atomic E-state index is -0.574. The maximum atomic E-state index is 13.9. The van der Waals surface area contributed by atoms with E-state index in [9.17, 15) is 9.18 Å². The van der Waals surface area contributed by atoms with Crippen LogP contribution >= 0.6 is 11.5 Å². The van der Waals surface area contributed by atoms with Gasteiger partial charge in [0.1, 0.15) is 16.4 Å². The molecular formula is C14H12FN3O2S. The Hall–Kier alpha value is -2.46. The number of esters is 1. The number of aromatic nitrogens is 1. The van der Waals surface area contributed by atoms with Crippen molar-refractivity contribution in [1.82, 2.24) is 4.37 Å². The van der Waals surface area contributed by atoms with Crippen molar-refractivity contribution in [3.8, 4) is 6.07 Å². The molecule has 0 unspecified atom stereocenters. The van der Waals surface area contributed by atoms with Crippen LogP contribution in [0, 0.1) is 24.1 Å². The zero-order valence-electron chi connectivity index (χ0n) is 11.4. The van der Waals surface area contributed by atoms with Crippen molar-refractivity contribution >= 4 is 28.2 Å². The number of aryl methyl sites for hydroxylation is 1. The number of carbonyl (C=O) groups excluding carboxylic acids is 1. The summed E-state index contributed by atoms with van der Waals surface area (Å²) in [6.07, 6.45) is 0. The first-order valence-electron chi connectivity index (χ1n) is 6.16. The third-order valence-electron chi connectivity index (χ3n) is 2.69. The van der Waals surface area contributed by atoms with Crippen molar-refractivity contribution in [3.05, 3.63) is 40.8 Å². The number of nitrogens with zero attached hydrogens (tertiary/aromatic N) is 2. The van der Waals surface area contributed by atoms with Crippen LogP contribution in [-0.4, -0.2) is 16.9 Å². The highest BCUT2D eigenvalue weighted by molar-refractivity contribution is 7.10. The van der Waals surface area contributed by atoms with E-state index in [4.69, 9.17) is 10.00 Å². The van der Waals surface area contributed by atoms with Crippen molar-refractivity contribution in [1.29, 1.82) is 5.26 Å². The van der Waals surface area contributed by atoms with Crippen LogP contribution in [0.1, 0.15) is 28.5 Å². The van der Waals surface area contributed by atoms with Gasteiger partial charge in [0.15, 0.2) is 0 Å². The number of hydrogen-bond acceptors (Lipinski definition) is 6. The molecule has 0 fully saturated rings. The first-order valence-corrected chi connectivity index (χ1v) is 6.94. The van der Waals surface area contributed by atoms with E-state index in [-0.39, 0.29) is 17.9 Å². The zero-order valence-corrected chi connectivity index (χ0v) is 12.3. The van der Waals surface area contributed by atoms with Gasteiger partial charge in [-0.1, -0.05) is 0 Å². The Morgan fingerprint density at radius 2 is 2.33 bits per heavy atom. The Labute approximate surface area is 125 Å². The Morgan fingerprint density at radius 3 is 2.95 bits per heavy atom. The lowest BCUT2D eigenvalue weighted by Crippen LogP contribution is -2.08. The van der Waals surface area contributed by atoms with Gasteiger partial charge in [0, 0.05) is 0 Å². The predicted molar refractivity (Wildman–Crippen MR) is 77.2 cm³/mol. The number of nitrogens with one attached hydrogen (secondary N) is 1. The number of ether oxygens (including phenoxy) is 1. The lowest BCUT2D eigenvalue weighted by molar-refractivity contribution is 0.0527. The van der Waals surface area contributed by atoms with Crippen LogP contribution in [0.5, 0.6) is 0 Å². The Kier molecular flexibility index (Phi) is 4.50. The molecule has 1 N–H and O–H groups in total. The highest BCUT2D eigenvalue weighted by atomic mass is 32.1. The van der Waals surface area contributed by atoms with Gasteiger partial charge in [-0.3, -0.25) is 0 Å². The van der Waals surface area contributed by atoms with E-state index in [1.807, 2.05) is 6.07 Å². The van der Waals surface area contributed by atoms with Gasteiger partial charge in [0.25, 0.3) is 0 Å². The van der Waals surface area contributed by atoms with Crippen molar-refractivity contribution in [2.45, 2.75) is 13.8 Å². The van der Waals surface area contributed by atoms with Crippen LogP contribution in [0.2, 0.25) is 0 Å². The van der Waals surface area contributed by atoms with Crippen LogP contribution < -0.4 is 5.32 Å². The topological polar surface area (TPSA) is 75.0 Å². The van der Waals surface area contributed by atoms with Gasteiger partial charge in [0.2, 0.25) is 0 Å². The maximum Gasteiger partial charge on any atom is 0.343 e. The number of nitriles is 1. The molecule has 1 aromatic heterocycles. The summed E-state index contributed by atoms with van der Waals surface area (Å²) >= 11 is 1.05. The fourth-order valence-electron chi connectivity index (χ4n) is 1.71. The van der Waals surface area contributed by atoms with Crippen LogP contribution in [0.15, 0.2) is 18.2 Å². The number of rotatable bonds is 4. The third-order valence-corrected chi connectivity index (χ3v) is 3.54. The Bertz CT molecular complexity index is 721. The molecule has 0 radical (unpaired) electrons. The summed E-state index contributed by atoms with van der Waals surface area (Å²) in [7, 11) is 0. The zero-order chi connectivity index (χ0) is 15.4. The molecule has 21 heavy (non-hydrogen) atoms. The molecular weight excluding hydrogens is 293 g/mol. The van der Waals surface area contributed by atoms with Gasteiger partial charge in [-0.15, -0.1) is 0 Å². The van der Waals surface area contributed by atoms with Gasteiger partial charge in [-0.25, -0.2) is 9.18 Å². The summed E-state index contributed by atoms with van der Waals surface area (Å²) in [5, 5.41) is 12.0. The van der Waals surface area contributed by atoms with Crippen LogP contribution in [0.25, 0.3) is 0 Å². The average Bonchev–Trinajstić information content (AvgIpc) is 2.82. The molecule has 0 amide bonds. The molecule has 0 saturated heterocycles. The van der Waals surface area contributed by atoms with Gasteiger partial charge < -0.3 is 10.1 Å². The normalized spacial score (nSPS) is 10.0. The number of anilines is 2. The number of hydrogen-bond donors (Lipinski definition) is 1. The Balaban J connectivity index is 2.33. The summed E-state index contributed by atoms with van der Waals surface area (Å²) < 4.78 is 22.9. The van der Waals surface area contributed by atoms with Gasteiger partial charge >= 0.3 is 5.97 Å². The first kappa shape index (κ1) is 14.9. The minimum absolute atomic E-state index is 0.170. The molecule has 0 atom stereocenters. The van der Waals surface area contributed by atoms with Gasteiger partial charge in [-0.05, 0) is 43.6 Å². The van der Waals surface area contributed by atoms with Crippen LogP contribution in [0.4, 0.5) is 15.1 Å². The summed E-state index contributed by atoms with van der Waals surface area (Å²) in [5.74, 6) is -1.07. The lowest BCUT2D eigenvalue weighted by Gasteiger charge is -2.08. The number of carbonyl (C=O) groups is 1. The Morgan fingerprint density at radius 1 is 1.57 bits per heavy atom. The summed E-state index contributed by atoms with van der Waals surface area (Å²) in [6, 6.07) is 5.91. The molecule has 5 nitrogen and oxygen atoms in total. The second-order valence-electron chi connectivity index (χ2n) is 4.12. The van der Waals surface area contributed by atoms with Crippen molar-refractivity contribution in [2.75, 3.05) is 11.9 Å². The smallest absolute Gasteiger partial charge is 0.343 e. The van der Waals surface area contributed by atoms with E-state index in [1.54, 1.807) is 13.8 Å². The number of benzene rings is 1. The van der Waals surface area contributed by atoms with Crippen molar-refractivity contribution in [3.63, 3.8) is 0 Å². The summed E-state index contributed by atoms with van der Waals surface area (Å²) in [4.78, 5) is 11.9. The first-order chi connectivity index (χ1) is 10.1. The van der Waals surface area contributed by atoms with E-state index in [1.165, 1.54) is 12.1 Å². The molecule has 2 aromatic rings. The van der Waals surface area contributed by atoms with E-state index in [0.29, 0.717) is 16.3 Å². The fourth-order valence-corrected chi connectivity index (χ4v) is 2.50. The van der Waals surface area contributed by atoms with Crippen LogP contribution in [-0.2, 0) is 4.74 Å². The molecule has 108 valence electrons. The van der Waals surface area contributed by atoms with Crippen molar-refractivity contribution < 1.29 is 13.9 Å². The van der Waals surface area contributed by atoms with E-state index >= 15 is 0 Å². The van der Waals surface area contributed by atoms with E-state index in [0.717, 1.165) is 17.6 Å². The molecule has 1 aromatic carbocycles. The SMILES string of the molecule is CCOC(=O)c1c(C)nsc1Nc1ccc(C#N)cc1F.